The Labute approximate surface area is 119 Å². The van der Waals surface area contributed by atoms with E-state index < -0.39 is 33.9 Å². The molecule has 2 N–H and O–H groups in total. The van der Waals surface area contributed by atoms with E-state index in [-0.39, 0.29) is 12.3 Å². The third-order valence-corrected chi connectivity index (χ3v) is 5.41. The molecular formula is C12H22N2O5S. The van der Waals surface area contributed by atoms with Crippen molar-refractivity contribution in [2.75, 3.05) is 18.8 Å². The fourth-order valence-corrected chi connectivity index (χ4v) is 3.92. The Hall–Kier alpha value is -1.15. The van der Waals surface area contributed by atoms with E-state index in [2.05, 4.69) is 5.32 Å². The predicted molar refractivity (Wildman–Crippen MR) is 73.6 cm³/mol. The number of nitrogens with one attached hydrogen (secondary N) is 1. The number of carbonyl (C=O) groups is 2. The maximum atomic E-state index is 12.0. The Kier molecular flexibility index (Phi) is 5.94. The first kappa shape index (κ1) is 16.9. The van der Waals surface area contributed by atoms with Crippen LogP contribution in [-0.4, -0.2) is 54.6 Å². The van der Waals surface area contributed by atoms with Crippen molar-refractivity contribution in [3.05, 3.63) is 0 Å². The summed E-state index contributed by atoms with van der Waals surface area (Å²) in [5, 5.41) is 11.3. The predicted octanol–water partition coefficient (Wildman–Crippen LogP) is 0.0275. The molecule has 1 amide bonds. The third kappa shape index (κ3) is 4.17. The Morgan fingerprint density at radius 1 is 1.45 bits per heavy atom. The lowest BCUT2D eigenvalue weighted by molar-refractivity contribution is -0.141. The molecular weight excluding hydrogens is 284 g/mol. The lowest BCUT2D eigenvalue weighted by atomic mass is 10.1. The van der Waals surface area contributed by atoms with Gasteiger partial charge in [-0.1, -0.05) is 13.8 Å². The molecule has 1 saturated heterocycles. The van der Waals surface area contributed by atoms with Crippen LogP contribution in [0.4, 0.5) is 0 Å². The zero-order chi connectivity index (χ0) is 15.3. The summed E-state index contributed by atoms with van der Waals surface area (Å²) in [7, 11) is -3.40. The molecule has 8 heteroatoms. The van der Waals surface area contributed by atoms with E-state index >= 15 is 0 Å². The molecule has 0 saturated carbocycles. The summed E-state index contributed by atoms with van der Waals surface area (Å²) in [5.41, 5.74) is 0. The molecule has 2 unspecified atom stereocenters. The van der Waals surface area contributed by atoms with E-state index in [1.54, 1.807) is 6.92 Å². The third-order valence-electron chi connectivity index (χ3n) is 3.33. The number of sulfonamides is 1. The van der Waals surface area contributed by atoms with Gasteiger partial charge in [0.1, 0.15) is 6.04 Å². The van der Waals surface area contributed by atoms with Gasteiger partial charge in [-0.2, -0.15) is 4.31 Å². The van der Waals surface area contributed by atoms with Gasteiger partial charge in [0.15, 0.2) is 0 Å². The first-order valence-electron chi connectivity index (χ1n) is 6.79. The quantitative estimate of drug-likeness (QED) is 0.690. The molecule has 1 rings (SSSR count). The Morgan fingerprint density at radius 3 is 2.65 bits per heavy atom. The number of nitrogens with zero attached hydrogens (tertiary/aromatic N) is 1. The van der Waals surface area contributed by atoms with Gasteiger partial charge in [-0.3, -0.25) is 9.59 Å². The van der Waals surface area contributed by atoms with Crippen LogP contribution < -0.4 is 5.32 Å². The van der Waals surface area contributed by atoms with Crippen LogP contribution in [0, 0.1) is 5.92 Å². The second-order valence-corrected chi connectivity index (χ2v) is 7.11. The van der Waals surface area contributed by atoms with Crippen LogP contribution in [0.3, 0.4) is 0 Å². The van der Waals surface area contributed by atoms with Crippen LogP contribution in [0.25, 0.3) is 0 Å². The van der Waals surface area contributed by atoms with Crippen LogP contribution in [0.2, 0.25) is 0 Å². The minimum atomic E-state index is -3.40. The summed E-state index contributed by atoms with van der Waals surface area (Å²) in [6, 6.07) is -0.701. The summed E-state index contributed by atoms with van der Waals surface area (Å²) >= 11 is 0. The minimum Gasteiger partial charge on any atom is -0.481 e. The fraction of sp³-hybridized carbons (Fsp3) is 0.833. The number of hydrogen-bond acceptors (Lipinski definition) is 4. The maximum Gasteiger partial charge on any atom is 0.308 e. The second kappa shape index (κ2) is 7.03. The molecule has 0 aliphatic carbocycles. The normalized spacial score (nSPS) is 21.6. The first-order valence-corrected chi connectivity index (χ1v) is 8.40. The van der Waals surface area contributed by atoms with Gasteiger partial charge in [0.05, 0.1) is 11.7 Å². The van der Waals surface area contributed by atoms with Crippen molar-refractivity contribution >= 4 is 21.9 Å². The van der Waals surface area contributed by atoms with E-state index in [9.17, 15) is 18.0 Å². The SMILES string of the molecule is CCCS(=O)(=O)N1CCCC1C(=O)NCC(C)C(=O)O. The van der Waals surface area contributed by atoms with Gasteiger partial charge in [0.2, 0.25) is 15.9 Å². The summed E-state index contributed by atoms with van der Waals surface area (Å²) < 4.78 is 25.3. The average Bonchev–Trinajstić information content (AvgIpc) is 2.85. The van der Waals surface area contributed by atoms with Crippen molar-refractivity contribution < 1.29 is 23.1 Å². The lowest BCUT2D eigenvalue weighted by Crippen LogP contribution is -2.47. The number of amides is 1. The van der Waals surface area contributed by atoms with E-state index in [0.717, 1.165) is 0 Å². The fourth-order valence-electron chi connectivity index (χ4n) is 2.17. The zero-order valence-electron chi connectivity index (χ0n) is 11.8. The van der Waals surface area contributed by atoms with Crippen LogP contribution in [0.5, 0.6) is 0 Å². The van der Waals surface area contributed by atoms with Crippen LogP contribution in [0.15, 0.2) is 0 Å². The zero-order valence-corrected chi connectivity index (χ0v) is 12.6. The molecule has 1 aliphatic rings. The van der Waals surface area contributed by atoms with Crippen molar-refractivity contribution in [3.63, 3.8) is 0 Å². The van der Waals surface area contributed by atoms with Gasteiger partial charge in [0, 0.05) is 13.1 Å². The molecule has 0 spiro atoms. The van der Waals surface area contributed by atoms with E-state index in [4.69, 9.17) is 5.11 Å². The highest BCUT2D eigenvalue weighted by Gasteiger charge is 2.38. The summed E-state index contributed by atoms with van der Waals surface area (Å²) in [4.78, 5) is 22.7. The van der Waals surface area contributed by atoms with Gasteiger partial charge < -0.3 is 10.4 Å². The number of carboxylic acids is 1. The van der Waals surface area contributed by atoms with Gasteiger partial charge in [-0.25, -0.2) is 8.42 Å². The summed E-state index contributed by atoms with van der Waals surface area (Å²) in [6.45, 7) is 3.63. The van der Waals surface area contributed by atoms with Crippen molar-refractivity contribution in [2.45, 2.75) is 39.2 Å². The summed E-state index contributed by atoms with van der Waals surface area (Å²) in [5.74, 6) is -2.06. The molecule has 1 fully saturated rings. The maximum absolute atomic E-state index is 12.0. The molecule has 0 aromatic heterocycles. The highest BCUT2D eigenvalue weighted by molar-refractivity contribution is 7.89. The Morgan fingerprint density at radius 2 is 2.10 bits per heavy atom. The van der Waals surface area contributed by atoms with Crippen molar-refractivity contribution in [3.8, 4) is 0 Å². The molecule has 116 valence electrons. The molecule has 0 aromatic rings. The second-order valence-electron chi connectivity index (χ2n) is 5.07. The molecule has 0 radical (unpaired) electrons. The van der Waals surface area contributed by atoms with Crippen LogP contribution >= 0.6 is 0 Å². The lowest BCUT2D eigenvalue weighted by Gasteiger charge is -2.23. The molecule has 2 atom stereocenters. The van der Waals surface area contributed by atoms with Crippen molar-refractivity contribution in [1.29, 1.82) is 0 Å². The number of hydrogen-bond donors (Lipinski definition) is 2. The highest BCUT2D eigenvalue weighted by atomic mass is 32.2. The largest absolute Gasteiger partial charge is 0.481 e. The van der Waals surface area contributed by atoms with E-state index in [1.807, 2.05) is 0 Å². The standard InChI is InChI=1S/C12H22N2O5S/c1-3-7-20(18,19)14-6-4-5-10(14)11(15)13-8-9(2)12(16)17/h9-10H,3-8H2,1-2H3,(H,13,15)(H,16,17). The molecule has 7 nitrogen and oxygen atoms in total. The Balaban J connectivity index is 2.65. The Bertz CT molecular complexity index is 462. The molecule has 1 aliphatic heterocycles. The number of carboxylic acid groups (broad SMARTS) is 1. The van der Waals surface area contributed by atoms with Crippen molar-refractivity contribution in [2.24, 2.45) is 5.92 Å². The van der Waals surface area contributed by atoms with Crippen LogP contribution in [0.1, 0.15) is 33.1 Å². The topological polar surface area (TPSA) is 104 Å². The molecule has 0 aromatic carbocycles. The monoisotopic (exact) mass is 306 g/mol. The first-order chi connectivity index (χ1) is 9.29. The van der Waals surface area contributed by atoms with Gasteiger partial charge in [0.25, 0.3) is 0 Å². The van der Waals surface area contributed by atoms with Gasteiger partial charge in [-0.05, 0) is 19.3 Å². The van der Waals surface area contributed by atoms with Gasteiger partial charge in [-0.15, -0.1) is 0 Å². The number of rotatable bonds is 7. The van der Waals surface area contributed by atoms with Crippen LogP contribution in [-0.2, 0) is 19.6 Å². The summed E-state index contributed by atoms with van der Waals surface area (Å²) in [6.07, 6.45) is 1.63. The molecule has 1 heterocycles. The minimum absolute atomic E-state index is 0.00628. The van der Waals surface area contributed by atoms with Crippen molar-refractivity contribution in [1.82, 2.24) is 9.62 Å². The molecule has 20 heavy (non-hydrogen) atoms. The average molecular weight is 306 g/mol. The number of aliphatic carboxylic acids is 1. The molecule has 0 bridgehead atoms. The van der Waals surface area contributed by atoms with Gasteiger partial charge >= 0.3 is 5.97 Å². The highest BCUT2D eigenvalue weighted by Crippen LogP contribution is 2.22. The number of carbonyl (C=O) groups excluding carboxylic acids is 1. The van der Waals surface area contributed by atoms with E-state index in [1.165, 1.54) is 11.2 Å². The van der Waals surface area contributed by atoms with E-state index in [0.29, 0.717) is 25.8 Å². The smallest absolute Gasteiger partial charge is 0.308 e.